The monoisotopic (exact) mass is 388 g/mol. The second-order valence-electron chi connectivity index (χ2n) is 6.33. The van der Waals surface area contributed by atoms with Crippen LogP contribution < -0.4 is 10.7 Å². The van der Waals surface area contributed by atoms with Crippen molar-refractivity contribution in [1.29, 1.82) is 0 Å². The maximum absolute atomic E-state index is 12.4. The van der Waals surface area contributed by atoms with Crippen LogP contribution in [0.5, 0.6) is 0 Å². The smallest absolute Gasteiger partial charge is 0.322 e. The van der Waals surface area contributed by atoms with Gasteiger partial charge in [-0.2, -0.15) is 5.10 Å². The summed E-state index contributed by atoms with van der Waals surface area (Å²) in [5, 5.41) is 7.33. The fourth-order valence-corrected chi connectivity index (χ4v) is 2.99. The molecule has 0 saturated carbocycles. The molecule has 2 unspecified atom stereocenters. The Kier molecular flexibility index (Phi) is 5.46. The van der Waals surface area contributed by atoms with Crippen molar-refractivity contribution in [3.8, 4) is 0 Å². The maximum Gasteiger partial charge on any atom is 0.325 e. The van der Waals surface area contributed by atoms with Gasteiger partial charge in [0.25, 0.3) is 5.91 Å². The summed E-state index contributed by atoms with van der Waals surface area (Å²) in [5.74, 6) is 0.0131. The largest absolute Gasteiger partial charge is 0.325 e. The van der Waals surface area contributed by atoms with E-state index >= 15 is 0 Å². The number of hydrogen-bond acceptors (Lipinski definition) is 6. The van der Waals surface area contributed by atoms with Crippen molar-refractivity contribution in [2.75, 3.05) is 13.6 Å². The van der Waals surface area contributed by atoms with Gasteiger partial charge >= 0.3 is 6.03 Å². The number of imide groups is 1. The van der Waals surface area contributed by atoms with Crippen molar-refractivity contribution in [3.63, 3.8) is 0 Å². The van der Waals surface area contributed by atoms with E-state index in [-0.39, 0.29) is 0 Å². The molecule has 0 radical (unpaired) electrons. The lowest BCUT2D eigenvalue weighted by Gasteiger charge is -2.35. The highest BCUT2D eigenvalue weighted by molar-refractivity contribution is 6.29. The Hall–Kier alpha value is -2.87. The number of carbonyl (C=O) groups is 2. The predicted molar refractivity (Wildman–Crippen MR) is 104 cm³/mol. The number of amides is 3. The molecular weight excluding hydrogens is 368 g/mol. The molecule has 0 aliphatic carbocycles. The van der Waals surface area contributed by atoms with E-state index in [0.717, 1.165) is 11.3 Å². The van der Waals surface area contributed by atoms with Crippen molar-refractivity contribution in [2.45, 2.75) is 26.1 Å². The van der Waals surface area contributed by atoms with Crippen LogP contribution in [0.2, 0.25) is 0 Å². The number of benzene rings is 1. The highest BCUT2D eigenvalue weighted by Crippen LogP contribution is 2.23. The van der Waals surface area contributed by atoms with Crippen molar-refractivity contribution >= 4 is 35.2 Å². The maximum atomic E-state index is 12.4. The number of rotatable bonds is 4. The SMILES string of the molecule is C/C(Cl)=C/CN1C(N/N=C(/C)c2ccccc2)=NC2C1C(=O)NC(=O)N2C. The summed E-state index contributed by atoms with van der Waals surface area (Å²) >= 11 is 5.96. The Bertz CT molecular complexity index is 832. The van der Waals surface area contributed by atoms with Gasteiger partial charge in [-0.15, -0.1) is 0 Å². The lowest BCUT2D eigenvalue weighted by Crippen LogP contribution is -2.64. The van der Waals surface area contributed by atoms with E-state index in [4.69, 9.17) is 11.6 Å². The molecule has 27 heavy (non-hydrogen) atoms. The van der Waals surface area contributed by atoms with E-state index < -0.39 is 24.1 Å². The summed E-state index contributed by atoms with van der Waals surface area (Å²) in [6.07, 6.45) is 1.16. The van der Waals surface area contributed by atoms with E-state index in [1.165, 1.54) is 4.90 Å². The molecule has 1 aromatic rings. The Balaban J connectivity index is 1.87. The van der Waals surface area contributed by atoms with E-state index in [1.807, 2.05) is 37.3 Å². The number of hydrogen-bond donors (Lipinski definition) is 2. The van der Waals surface area contributed by atoms with Gasteiger partial charge in [0.1, 0.15) is 0 Å². The van der Waals surface area contributed by atoms with Crippen molar-refractivity contribution in [1.82, 2.24) is 20.5 Å². The molecule has 0 spiro atoms. The molecule has 0 aromatic heterocycles. The highest BCUT2D eigenvalue weighted by atomic mass is 35.5. The summed E-state index contributed by atoms with van der Waals surface area (Å²) in [6.45, 7) is 3.99. The van der Waals surface area contributed by atoms with Gasteiger partial charge in [-0.05, 0) is 19.4 Å². The third kappa shape index (κ3) is 3.95. The van der Waals surface area contributed by atoms with Crippen LogP contribution in [-0.4, -0.2) is 59.2 Å². The van der Waals surface area contributed by atoms with E-state index in [9.17, 15) is 9.59 Å². The quantitative estimate of drug-likeness (QED) is 0.606. The average Bonchev–Trinajstić information content (AvgIpc) is 3.02. The zero-order valence-corrected chi connectivity index (χ0v) is 16.1. The molecule has 1 fully saturated rings. The summed E-state index contributed by atoms with van der Waals surface area (Å²) < 4.78 is 0. The molecule has 1 aromatic carbocycles. The molecule has 8 nitrogen and oxygen atoms in total. The molecule has 3 rings (SSSR count). The van der Waals surface area contributed by atoms with Gasteiger partial charge in [0.15, 0.2) is 12.2 Å². The minimum atomic E-state index is -0.644. The fourth-order valence-electron chi connectivity index (χ4n) is 2.92. The molecular formula is C18H21ClN6O2. The van der Waals surface area contributed by atoms with Gasteiger partial charge < -0.3 is 9.80 Å². The molecule has 2 heterocycles. The van der Waals surface area contributed by atoms with Crippen LogP contribution in [0.15, 0.2) is 51.5 Å². The number of allylic oxidation sites excluding steroid dienone is 1. The standard InChI is InChI=1S/C18H21ClN6O2/c1-11(19)9-10-25-14-15(24(3)18(27)21-16(14)26)20-17(25)23-22-12(2)13-7-5-4-6-8-13/h4-9,14-15H,10H2,1-3H3,(H,20,23)(H,21,26,27)/b11-9-,22-12-. The Morgan fingerprint density at radius 1 is 1.33 bits per heavy atom. The number of likely N-dealkylation sites (N-methyl/N-ethyl adjacent to an activating group) is 1. The Morgan fingerprint density at radius 2 is 2.04 bits per heavy atom. The summed E-state index contributed by atoms with van der Waals surface area (Å²) in [7, 11) is 1.60. The van der Waals surface area contributed by atoms with Crippen molar-refractivity contribution in [2.24, 2.45) is 10.1 Å². The second-order valence-corrected chi connectivity index (χ2v) is 6.93. The van der Waals surface area contributed by atoms with Gasteiger partial charge in [0, 0.05) is 18.6 Å². The van der Waals surface area contributed by atoms with Crippen LogP contribution in [0.25, 0.3) is 0 Å². The minimum Gasteiger partial charge on any atom is -0.322 e. The van der Waals surface area contributed by atoms with Gasteiger partial charge in [0.2, 0.25) is 5.96 Å². The Morgan fingerprint density at radius 3 is 2.70 bits per heavy atom. The molecule has 2 N–H and O–H groups in total. The van der Waals surface area contributed by atoms with Crippen LogP contribution in [0.3, 0.4) is 0 Å². The van der Waals surface area contributed by atoms with Crippen LogP contribution in [0.4, 0.5) is 4.79 Å². The topological polar surface area (TPSA) is 89.4 Å². The molecule has 1 saturated heterocycles. The molecule has 2 aliphatic heterocycles. The molecule has 9 heteroatoms. The third-order valence-corrected chi connectivity index (χ3v) is 4.60. The molecule has 2 aliphatic rings. The summed E-state index contributed by atoms with van der Waals surface area (Å²) in [6, 6.07) is 8.59. The first-order chi connectivity index (χ1) is 12.9. The van der Waals surface area contributed by atoms with E-state index in [2.05, 4.69) is 20.8 Å². The van der Waals surface area contributed by atoms with E-state index in [0.29, 0.717) is 17.5 Å². The molecule has 2 atom stereocenters. The predicted octanol–water partition coefficient (Wildman–Crippen LogP) is 1.69. The van der Waals surface area contributed by atoms with E-state index in [1.54, 1.807) is 24.9 Å². The minimum absolute atomic E-state index is 0.359. The highest BCUT2D eigenvalue weighted by Gasteiger charge is 2.48. The molecule has 0 bridgehead atoms. The van der Waals surface area contributed by atoms with Crippen LogP contribution in [0, 0.1) is 0 Å². The van der Waals surface area contributed by atoms with Gasteiger partial charge in [-0.1, -0.05) is 48.0 Å². The first kappa shape index (κ1) is 18.9. The van der Waals surface area contributed by atoms with Crippen LogP contribution in [0.1, 0.15) is 19.4 Å². The first-order valence-corrected chi connectivity index (χ1v) is 8.86. The number of guanidine groups is 1. The van der Waals surface area contributed by atoms with Gasteiger partial charge in [0.05, 0.1) is 5.71 Å². The lowest BCUT2D eigenvalue weighted by atomic mass is 10.1. The number of urea groups is 1. The Labute approximate surface area is 162 Å². The number of nitrogens with zero attached hydrogens (tertiary/aromatic N) is 4. The van der Waals surface area contributed by atoms with Crippen LogP contribution in [-0.2, 0) is 4.79 Å². The second kappa shape index (κ2) is 7.79. The third-order valence-electron chi connectivity index (χ3n) is 4.45. The van der Waals surface area contributed by atoms with Gasteiger partial charge in [-0.25, -0.2) is 15.2 Å². The first-order valence-electron chi connectivity index (χ1n) is 8.48. The zero-order valence-electron chi connectivity index (χ0n) is 15.3. The average molecular weight is 389 g/mol. The summed E-state index contributed by atoms with van der Waals surface area (Å²) in [5.41, 5.74) is 4.68. The van der Waals surface area contributed by atoms with Crippen LogP contribution >= 0.6 is 11.6 Å². The molecule has 142 valence electrons. The fraction of sp³-hybridized carbons (Fsp3) is 0.333. The number of nitrogens with one attached hydrogen (secondary N) is 2. The number of hydrazone groups is 1. The summed E-state index contributed by atoms with van der Waals surface area (Å²) in [4.78, 5) is 32.0. The number of carbonyl (C=O) groups excluding carboxylic acids is 2. The number of halogens is 1. The molecule has 3 amide bonds. The normalized spacial score (nSPS) is 23.2. The van der Waals surface area contributed by atoms with Gasteiger partial charge in [-0.3, -0.25) is 10.1 Å². The number of fused-ring (bicyclic) bond motifs is 1. The van der Waals surface area contributed by atoms with Crippen molar-refractivity contribution < 1.29 is 9.59 Å². The zero-order chi connectivity index (χ0) is 19.6. The lowest BCUT2D eigenvalue weighted by molar-refractivity contribution is -0.126. The van der Waals surface area contributed by atoms with Crippen molar-refractivity contribution in [3.05, 3.63) is 47.0 Å². The number of aliphatic imine (C=N–C) groups is 1.